The number of para-hydroxylation sites is 3. The van der Waals surface area contributed by atoms with Crippen molar-refractivity contribution >= 4 is 97.1 Å². The van der Waals surface area contributed by atoms with Crippen molar-refractivity contribution in [3.05, 3.63) is 303 Å². The van der Waals surface area contributed by atoms with Crippen LogP contribution in [-0.4, -0.2) is 39.2 Å². The van der Waals surface area contributed by atoms with E-state index in [1.54, 1.807) is 0 Å². The first-order valence-electron chi connectivity index (χ1n) is 28.4. The van der Waals surface area contributed by atoms with Crippen molar-refractivity contribution in [1.82, 2.24) is 29.1 Å². The van der Waals surface area contributed by atoms with Crippen LogP contribution in [0.2, 0.25) is 0 Å². The quantitative estimate of drug-likeness (QED) is 0.0906. The standard InChI is InChI=1S/C54H34N4.C24H15N2.Be.H/c1-3-15-36(16-4-1)54-55-52(46-30-26-35-14-7-8-21-42(35)53(46)56-54)39-17-13-20-41(32-39)58-48-24-11-9-22-43(48)45-29-27-38(34-51(45)58)37-28-31-50-47(33-37)44-23-10-12-25-49(44)57(50)40-18-5-2-6-19-40;1-3-10-18(11-4-1)22-21-16-15-17-9-7-8-14-20(17)23(21)26-24(25-22)19-12-5-2-6-13-19;;/h1-34H;1-3,5-16H;;/q;-1;+2;-1. The molecule has 0 saturated carbocycles. The zero-order valence-corrected chi connectivity index (χ0v) is 46.2. The van der Waals surface area contributed by atoms with Crippen molar-refractivity contribution in [2.75, 3.05) is 0 Å². The van der Waals surface area contributed by atoms with Crippen molar-refractivity contribution in [2.24, 2.45) is 0 Å². The Morgan fingerprint density at radius 3 is 1.33 bits per heavy atom. The van der Waals surface area contributed by atoms with E-state index < -0.39 is 0 Å². The number of hydrogen-bond acceptors (Lipinski definition) is 4. The molecule has 394 valence electrons. The summed E-state index contributed by atoms with van der Waals surface area (Å²) < 4.78 is 4.78. The summed E-state index contributed by atoms with van der Waals surface area (Å²) in [7, 11) is 0. The van der Waals surface area contributed by atoms with E-state index >= 15 is 0 Å². The van der Waals surface area contributed by atoms with Crippen LogP contribution >= 0.6 is 0 Å². The molecule has 0 N–H and O–H groups in total. The molecule has 0 aliphatic carbocycles. The van der Waals surface area contributed by atoms with Gasteiger partial charge in [-0.2, -0.15) is 30.3 Å². The maximum atomic E-state index is 5.29. The molecule has 0 aliphatic rings. The summed E-state index contributed by atoms with van der Waals surface area (Å²) in [6.07, 6.45) is 0. The van der Waals surface area contributed by atoms with Gasteiger partial charge in [0, 0.05) is 76.8 Å². The van der Waals surface area contributed by atoms with Gasteiger partial charge in [0.1, 0.15) is 0 Å². The van der Waals surface area contributed by atoms with Crippen LogP contribution < -0.4 is 0 Å². The molecule has 0 bridgehead atoms. The number of fused-ring (bicyclic) bond motifs is 12. The predicted molar refractivity (Wildman–Crippen MR) is 356 cm³/mol. The zero-order valence-electron chi connectivity index (χ0n) is 47.2. The Morgan fingerprint density at radius 2 is 0.718 bits per heavy atom. The van der Waals surface area contributed by atoms with Crippen molar-refractivity contribution < 1.29 is 1.43 Å². The van der Waals surface area contributed by atoms with Gasteiger partial charge in [0.25, 0.3) is 0 Å². The second-order valence-electron chi connectivity index (χ2n) is 21.2. The molecule has 85 heavy (non-hydrogen) atoms. The van der Waals surface area contributed by atoms with Crippen molar-refractivity contribution in [1.29, 1.82) is 0 Å². The Bertz CT molecular complexity index is 5380. The van der Waals surface area contributed by atoms with Gasteiger partial charge >= 0.3 is 10.1 Å². The Morgan fingerprint density at radius 1 is 0.271 bits per heavy atom. The number of rotatable bonds is 7. The van der Waals surface area contributed by atoms with E-state index in [-0.39, 0.29) is 11.5 Å². The number of aromatic nitrogens is 6. The van der Waals surface area contributed by atoms with Crippen LogP contribution in [0.15, 0.2) is 297 Å². The van der Waals surface area contributed by atoms with Gasteiger partial charge < -0.3 is 10.6 Å². The van der Waals surface area contributed by atoms with E-state index in [2.05, 4.69) is 246 Å². The van der Waals surface area contributed by atoms with Crippen LogP contribution in [-0.2, 0) is 0 Å². The molecule has 0 atom stereocenters. The van der Waals surface area contributed by atoms with Crippen LogP contribution in [0.25, 0.3) is 155 Å². The summed E-state index contributed by atoms with van der Waals surface area (Å²) in [5.74, 6) is 1.46. The molecule has 0 aliphatic heterocycles. The fraction of sp³-hybridized carbons (Fsp3) is 0. The molecule has 0 radical (unpaired) electrons. The van der Waals surface area contributed by atoms with Gasteiger partial charge in [0.2, 0.25) is 0 Å². The van der Waals surface area contributed by atoms with Crippen LogP contribution in [0, 0.1) is 6.07 Å². The molecule has 0 unspecified atom stereocenters. The van der Waals surface area contributed by atoms with E-state index in [9.17, 15) is 0 Å². The zero-order chi connectivity index (χ0) is 55.5. The third kappa shape index (κ3) is 8.88. The number of benzene rings is 13. The van der Waals surface area contributed by atoms with Crippen molar-refractivity contribution in [2.45, 2.75) is 0 Å². The molecule has 6 nitrogen and oxygen atoms in total. The third-order valence-corrected chi connectivity index (χ3v) is 16.3. The predicted octanol–water partition coefficient (Wildman–Crippen LogP) is 19.6. The minimum atomic E-state index is 0. The van der Waals surface area contributed by atoms with Crippen LogP contribution in [0.1, 0.15) is 1.43 Å². The van der Waals surface area contributed by atoms with E-state index in [1.807, 2.05) is 66.7 Å². The summed E-state index contributed by atoms with van der Waals surface area (Å²) in [4.78, 5) is 20.3. The molecular weight excluding hydrogens is 1030 g/mol. The Balaban J connectivity index is 0.000000196. The van der Waals surface area contributed by atoms with E-state index in [0.29, 0.717) is 0 Å². The van der Waals surface area contributed by atoms with E-state index in [0.717, 1.165) is 106 Å². The van der Waals surface area contributed by atoms with Gasteiger partial charge in [0.05, 0.1) is 38.8 Å². The van der Waals surface area contributed by atoms with Crippen LogP contribution in [0.4, 0.5) is 0 Å². The SMILES string of the molecule is [Be+2].[H-].[c-]1cccc(-c2nc(-c3ccccc3)nc3c2ccc2ccccc23)c1.c1ccc(-c2nc(-c3cccc(-n4c5ccccc5c5ccc(-c6ccc7c(c6)c6ccccc6n7-c6ccccc6)cc54)c3)c3ccc4ccccc4c3n2)cc1. The molecule has 13 aromatic carbocycles. The van der Waals surface area contributed by atoms with Gasteiger partial charge in [-0.3, -0.25) is 0 Å². The Kier molecular flexibility index (Phi) is 12.7. The topological polar surface area (TPSA) is 61.4 Å². The maximum absolute atomic E-state index is 5.29. The molecule has 4 aromatic heterocycles. The first kappa shape index (κ1) is 50.8. The summed E-state index contributed by atoms with van der Waals surface area (Å²) in [6, 6.07) is 108. The summed E-state index contributed by atoms with van der Waals surface area (Å²) in [5, 5.41) is 11.6. The molecule has 0 fully saturated rings. The molecule has 0 spiro atoms. The minimum absolute atomic E-state index is 0. The first-order valence-corrected chi connectivity index (χ1v) is 28.4. The average molecular weight is 1080 g/mol. The molecule has 0 amide bonds. The largest absolute Gasteiger partial charge is 2.00 e. The minimum Gasteiger partial charge on any atom is -1.00 e. The molecule has 17 aromatic rings. The molecule has 0 saturated heterocycles. The fourth-order valence-corrected chi connectivity index (χ4v) is 12.4. The Labute approximate surface area is 496 Å². The fourth-order valence-electron chi connectivity index (χ4n) is 12.4. The maximum Gasteiger partial charge on any atom is 2.00 e. The summed E-state index contributed by atoms with van der Waals surface area (Å²) in [6.45, 7) is 0. The van der Waals surface area contributed by atoms with Gasteiger partial charge in [-0.05, 0) is 82.6 Å². The van der Waals surface area contributed by atoms with Crippen molar-refractivity contribution in [3.8, 4) is 67.8 Å². The smallest absolute Gasteiger partial charge is 1.00 e. The summed E-state index contributed by atoms with van der Waals surface area (Å²) >= 11 is 0. The Hall–Kier alpha value is -11.2. The second kappa shape index (κ2) is 21.3. The average Bonchev–Trinajstić information content (AvgIpc) is 2.19. The monoisotopic (exact) mass is 1080 g/mol. The third-order valence-electron chi connectivity index (χ3n) is 16.3. The van der Waals surface area contributed by atoms with Crippen LogP contribution in [0.5, 0.6) is 0 Å². The number of nitrogens with zero attached hydrogens (tertiary/aromatic N) is 6. The molecule has 4 heterocycles. The van der Waals surface area contributed by atoms with Gasteiger partial charge in [-0.1, -0.05) is 212 Å². The normalized spacial score (nSPS) is 11.4. The molecule has 17 rings (SSSR count). The van der Waals surface area contributed by atoms with Gasteiger partial charge in [-0.25, -0.2) is 19.9 Å². The van der Waals surface area contributed by atoms with Gasteiger partial charge in [0.15, 0.2) is 11.6 Å². The van der Waals surface area contributed by atoms with E-state index in [1.165, 1.54) is 49.1 Å². The van der Waals surface area contributed by atoms with Crippen molar-refractivity contribution in [3.63, 3.8) is 0 Å². The van der Waals surface area contributed by atoms with Crippen LogP contribution in [0.3, 0.4) is 0 Å². The second-order valence-corrected chi connectivity index (χ2v) is 21.2. The van der Waals surface area contributed by atoms with Gasteiger partial charge in [-0.15, -0.1) is 5.56 Å². The molecule has 7 heteroatoms. The number of hydrogen-bond donors (Lipinski definition) is 0. The van der Waals surface area contributed by atoms with E-state index in [4.69, 9.17) is 19.9 Å². The molecular formula is C78H50BeN6. The summed E-state index contributed by atoms with van der Waals surface area (Å²) in [5.41, 5.74) is 17.2. The first-order chi connectivity index (χ1) is 41.7.